The number of likely N-dealkylation sites (N-methyl/N-ethyl adjacent to an activating group) is 1. The van der Waals surface area contributed by atoms with Crippen LogP contribution in [-0.2, 0) is 4.74 Å². The topological polar surface area (TPSA) is 87.2 Å². The molecule has 0 atom stereocenters. The van der Waals surface area contributed by atoms with Crippen molar-refractivity contribution in [1.82, 2.24) is 4.90 Å². The first kappa shape index (κ1) is 19.4. The van der Waals surface area contributed by atoms with Crippen molar-refractivity contribution < 1.29 is 4.74 Å². The van der Waals surface area contributed by atoms with E-state index in [9.17, 15) is 19.2 Å². The van der Waals surface area contributed by atoms with E-state index in [0.717, 1.165) is 26.2 Å². The molecule has 2 fully saturated rings. The molecule has 2 saturated heterocycles. The lowest BCUT2D eigenvalue weighted by Crippen LogP contribution is -2.50. The Kier molecular flexibility index (Phi) is 5.57. The molecule has 0 amide bonds. The van der Waals surface area contributed by atoms with E-state index in [1.165, 1.54) is 0 Å². The number of nitrogens with zero attached hydrogens (tertiary/aromatic N) is 3. The molecule has 0 N–H and O–H groups in total. The summed E-state index contributed by atoms with van der Waals surface area (Å²) in [6.07, 6.45) is 0. The van der Waals surface area contributed by atoms with Gasteiger partial charge >= 0.3 is 0 Å². The Morgan fingerprint density at radius 3 is 1.44 bits per heavy atom. The van der Waals surface area contributed by atoms with Gasteiger partial charge in [0.15, 0.2) is 0 Å². The van der Waals surface area contributed by atoms with Crippen LogP contribution in [0.3, 0.4) is 0 Å². The lowest BCUT2D eigenvalue weighted by atomic mass is 10.1. The van der Waals surface area contributed by atoms with Crippen molar-refractivity contribution >= 4 is 11.4 Å². The average Bonchev–Trinajstić information content (AvgIpc) is 2.70. The van der Waals surface area contributed by atoms with E-state index in [0.29, 0.717) is 48.8 Å². The highest BCUT2D eigenvalue weighted by Crippen LogP contribution is 2.15. The quantitative estimate of drug-likeness (QED) is 0.603. The van der Waals surface area contributed by atoms with E-state index in [1.807, 2.05) is 9.80 Å². The van der Waals surface area contributed by atoms with Gasteiger partial charge in [-0.15, -0.1) is 0 Å². The summed E-state index contributed by atoms with van der Waals surface area (Å²) in [6, 6.07) is 0. The van der Waals surface area contributed by atoms with Crippen molar-refractivity contribution in [3.05, 3.63) is 52.0 Å². The van der Waals surface area contributed by atoms with Crippen molar-refractivity contribution in [3.63, 3.8) is 0 Å². The van der Waals surface area contributed by atoms with Crippen molar-refractivity contribution in [1.29, 1.82) is 0 Å². The number of hydrogen-bond donors (Lipinski definition) is 0. The highest BCUT2D eigenvalue weighted by Gasteiger charge is 2.25. The Balaban J connectivity index is 0.000000156. The summed E-state index contributed by atoms with van der Waals surface area (Å²) in [6.45, 7) is 9.75. The number of piperazine rings is 1. The molecule has 146 valence electrons. The lowest BCUT2D eigenvalue weighted by Gasteiger charge is -2.34. The first-order valence-corrected chi connectivity index (χ1v) is 9.19. The molecule has 0 unspecified atom stereocenters. The first-order valence-electron chi connectivity index (χ1n) is 9.19. The Bertz CT molecular complexity index is 951. The maximum atomic E-state index is 11.3. The van der Waals surface area contributed by atoms with Gasteiger partial charge in [-0.1, -0.05) is 0 Å². The van der Waals surface area contributed by atoms with Gasteiger partial charge in [0, 0.05) is 50.4 Å². The Morgan fingerprint density at radius 1 is 0.630 bits per heavy atom. The van der Waals surface area contributed by atoms with E-state index in [4.69, 9.17) is 4.74 Å². The van der Waals surface area contributed by atoms with Crippen LogP contribution in [0.15, 0.2) is 19.2 Å². The van der Waals surface area contributed by atoms with E-state index in [-0.39, 0.29) is 21.7 Å². The van der Waals surface area contributed by atoms with Gasteiger partial charge in [0.2, 0.25) is 21.7 Å². The highest BCUT2D eigenvalue weighted by atomic mass is 16.5. The Hall–Kier alpha value is -2.32. The minimum Gasteiger partial charge on any atom is -0.378 e. The molecule has 2 aliphatic rings. The van der Waals surface area contributed by atoms with Gasteiger partial charge in [-0.3, -0.25) is 19.2 Å². The minimum absolute atomic E-state index is 0.299. The number of hydrogen-bond acceptors (Lipinski definition) is 8. The summed E-state index contributed by atoms with van der Waals surface area (Å²) < 4.78 is 5.16. The summed E-state index contributed by atoms with van der Waals surface area (Å²) in [5.74, 6) is 0. The van der Waals surface area contributed by atoms with Crippen LogP contribution < -0.4 is 31.5 Å². The predicted octanol–water partition coefficient (Wildman–Crippen LogP) is -1.23. The predicted molar refractivity (Wildman–Crippen MR) is 105 cm³/mol. The van der Waals surface area contributed by atoms with Gasteiger partial charge in [-0.2, -0.15) is 0 Å². The third-order valence-corrected chi connectivity index (χ3v) is 5.38. The molecule has 2 aromatic carbocycles. The standard InChI is InChI=1S/C10H14N2O2.C9H11NO3/c1-7-8(10(14)9(7)13)12-5-3-11(2)4-6-12;1-6-7(9(12)8(6)11)10-2-4-13-5-3-10/h3-6H2,1-2H3;2-5H2,1H3. The molecular formula is C19H25N3O5. The van der Waals surface area contributed by atoms with Crippen molar-refractivity contribution in [2.75, 3.05) is 69.3 Å². The fraction of sp³-hybridized carbons (Fsp3) is 0.579. The number of ether oxygens (including phenoxy) is 1. The van der Waals surface area contributed by atoms with Gasteiger partial charge in [0.25, 0.3) is 0 Å². The molecule has 0 bridgehead atoms. The van der Waals surface area contributed by atoms with E-state index >= 15 is 0 Å². The van der Waals surface area contributed by atoms with Gasteiger partial charge in [0.05, 0.1) is 24.6 Å². The number of morpholine rings is 1. The summed E-state index contributed by atoms with van der Waals surface area (Å²) in [5.41, 5.74) is 1.23. The zero-order valence-corrected chi connectivity index (χ0v) is 16.0. The molecule has 0 spiro atoms. The highest BCUT2D eigenvalue weighted by molar-refractivity contribution is 5.58. The van der Waals surface area contributed by atoms with E-state index in [2.05, 4.69) is 11.9 Å². The minimum atomic E-state index is -0.334. The van der Waals surface area contributed by atoms with Crippen LogP contribution in [0.2, 0.25) is 0 Å². The molecular weight excluding hydrogens is 350 g/mol. The number of anilines is 2. The van der Waals surface area contributed by atoms with Crippen LogP contribution in [0.5, 0.6) is 0 Å². The van der Waals surface area contributed by atoms with E-state index in [1.54, 1.807) is 13.8 Å². The molecule has 2 heterocycles. The SMILES string of the molecule is Cc1c(N2CCN(C)CC2)c(=O)c1=O.Cc1c(N2CCOCC2)c(=O)c1=O. The van der Waals surface area contributed by atoms with Crippen LogP contribution in [-0.4, -0.2) is 64.4 Å². The van der Waals surface area contributed by atoms with Gasteiger partial charge in [-0.25, -0.2) is 0 Å². The zero-order valence-electron chi connectivity index (χ0n) is 16.0. The molecule has 2 aromatic rings. The van der Waals surface area contributed by atoms with Crippen LogP contribution >= 0.6 is 0 Å². The lowest BCUT2D eigenvalue weighted by molar-refractivity contribution is 0.122. The molecule has 0 aliphatic carbocycles. The molecule has 4 rings (SSSR count). The molecule has 8 heteroatoms. The monoisotopic (exact) mass is 375 g/mol. The zero-order chi connectivity index (χ0) is 19.7. The second-order valence-electron chi connectivity index (χ2n) is 7.15. The van der Waals surface area contributed by atoms with Crippen molar-refractivity contribution in [2.24, 2.45) is 0 Å². The first-order chi connectivity index (χ1) is 12.8. The molecule has 0 saturated carbocycles. The average molecular weight is 375 g/mol. The second kappa shape index (κ2) is 7.74. The van der Waals surface area contributed by atoms with Gasteiger partial charge < -0.3 is 19.4 Å². The molecule has 2 aliphatic heterocycles. The third-order valence-electron chi connectivity index (χ3n) is 5.38. The fourth-order valence-corrected chi connectivity index (χ4v) is 3.56. The molecule has 0 radical (unpaired) electrons. The third kappa shape index (κ3) is 3.59. The summed E-state index contributed by atoms with van der Waals surface area (Å²) >= 11 is 0. The smallest absolute Gasteiger partial charge is 0.249 e. The van der Waals surface area contributed by atoms with Crippen LogP contribution in [0.1, 0.15) is 11.1 Å². The summed E-state index contributed by atoms with van der Waals surface area (Å²) in [4.78, 5) is 50.6. The van der Waals surface area contributed by atoms with Crippen LogP contribution in [0.25, 0.3) is 0 Å². The van der Waals surface area contributed by atoms with Crippen LogP contribution in [0.4, 0.5) is 11.4 Å². The largest absolute Gasteiger partial charge is 0.378 e. The normalized spacial score (nSPS) is 18.6. The van der Waals surface area contributed by atoms with Crippen molar-refractivity contribution in [2.45, 2.75) is 13.8 Å². The Morgan fingerprint density at radius 2 is 1.04 bits per heavy atom. The second-order valence-corrected chi connectivity index (χ2v) is 7.15. The van der Waals surface area contributed by atoms with Crippen molar-refractivity contribution in [3.8, 4) is 0 Å². The summed E-state index contributed by atoms with van der Waals surface area (Å²) in [7, 11) is 2.06. The van der Waals surface area contributed by atoms with Gasteiger partial charge in [-0.05, 0) is 20.9 Å². The van der Waals surface area contributed by atoms with E-state index < -0.39 is 0 Å². The fourth-order valence-electron chi connectivity index (χ4n) is 3.56. The molecule has 8 nitrogen and oxygen atoms in total. The number of rotatable bonds is 2. The molecule has 0 aromatic heterocycles. The van der Waals surface area contributed by atoms with Crippen LogP contribution in [0, 0.1) is 13.8 Å². The maximum Gasteiger partial charge on any atom is 0.249 e. The maximum absolute atomic E-state index is 11.3. The summed E-state index contributed by atoms with van der Waals surface area (Å²) in [5, 5.41) is 0. The Labute approximate surface area is 156 Å². The molecule has 27 heavy (non-hydrogen) atoms. The van der Waals surface area contributed by atoms with Gasteiger partial charge in [0.1, 0.15) is 0 Å².